The molecule has 0 bridgehead atoms. The lowest BCUT2D eigenvalue weighted by Gasteiger charge is -1.92. The van der Waals surface area contributed by atoms with Gasteiger partial charge in [0.2, 0.25) is 0 Å². The van der Waals surface area contributed by atoms with E-state index >= 15 is 0 Å². The highest BCUT2D eigenvalue weighted by Gasteiger charge is 1.99. The first-order valence-corrected chi connectivity index (χ1v) is 4.86. The van der Waals surface area contributed by atoms with E-state index in [2.05, 4.69) is 0 Å². The number of hydrogen-bond donors (Lipinski definition) is 3. The molecule has 0 saturated heterocycles. The second kappa shape index (κ2) is 6.17. The molecule has 0 aliphatic carbocycles. The molecule has 2 rings (SSSR count). The molecular formula is C13H12O4. The van der Waals surface area contributed by atoms with Crippen molar-refractivity contribution in [3.63, 3.8) is 0 Å². The van der Waals surface area contributed by atoms with E-state index in [-0.39, 0.29) is 11.3 Å². The number of aromatic carboxylic acids is 1. The summed E-state index contributed by atoms with van der Waals surface area (Å²) in [5.74, 6) is -0.590. The van der Waals surface area contributed by atoms with Crippen molar-refractivity contribution in [2.24, 2.45) is 0 Å². The standard InChI is InChI=1S/C7H6O3.C6H6O/c8-6-3-1-5(2-4-6)7(9)10;7-6-4-2-1-3-5-6/h1-4,8H,(H,9,10);1-5,7H. The smallest absolute Gasteiger partial charge is 0.335 e. The molecule has 2 aromatic carbocycles. The molecule has 0 aromatic heterocycles. The van der Waals surface area contributed by atoms with Crippen LogP contribution in [0.2, 0.25) is 0 Å². The predicted octanol–water partition coefficient (Wildman–Crippen LogP) is 2.48. The number of rotatable bonds is 1. The first-order valence-electron chi connectivity index (χ1n) is 4.86. The van der Waals surface area contributed by atoms with E-state index in [1.54, 1.807) is 24.3 Å². The Morgan fingerprint density at radius 2 is 1.24 bits per heavy atom. The van der Waals surface area contributed by atoms with Crippen LogP contribution in [0, 0.1) is 0 Å². The van der Waals surface area contributed by atoms with Crippen molar-refractivity contribution in [2.75, 3.05) is 0 Å². The molecule has 4 nitrogen and oxygen atoms in total. The van der Waals surface area contributed by atoms with Gasteiger partial charge < -0.3 is 15.3 Å². The number of aromatic hydroxyl groups is 2. The van der Waals surface area contributed by atoms with Crippen LogP contribution < -0.4 is 0 Å². The summed E-state index contributed by atoms with van der Waals surface area (Å²) in [6.07, 6.45) is 0. The van der Waals surface area contributed by atoms with Crippen molar-refractivity contribution < 1.29 is 20.1 Å². The molecule has 0 amide bonds. The van der Waals surface area contributed by atoms with E-state index < -0.39 is 5.97 Å². The van der Waals surface area contributed by atoms with Gasteiger partial charge in [-0.2, -0.15) is 0 Å². The predicted molar refractivity (Wildman–Crippen MR) is 63.2 cm³/mol. The summed E-state index contributed by atoms with van der Waals surface area (Å²) in [6.45, 7) is 0. The van der Waals surface area contributed by atoms with Gasteiger partial charge in [-0.3, -0.25) is 0 Å². The van der Waals surface area contributed by atoms with Crippen molar-refractivity contribution in [1.29, 1.82) is 0 Å². The van der Waals surface area contributed by atoms with Crippen molar-refractivity contribution >= 4 is 5.97 Å². The molecule has 0 radical (unpaired) electrons. The van der Waals surface area contributed by atoms with E-state index in [0.717, 1.165) is 0 Å². The van der Waals surface area contributed by atoms with E-state index in [9.17, 15) is 4.79 Å². The summed E-state index contributed by atoms with van der Waals surface area (Å²) in [5, 5.41) is 25.8. The Morgan fingerprint density at radius 3 is 1.59 bits per heavy atom. The SMILES string of the molecule is O=C(O)c1ccc(O)cc1.Oc1ccccc1. The summed E-state index contributed by atoms with van der Waals surface area (Å²) in [7, 11) is 0. The van der Waals surface area contributed by atoms with Crippen LogP contribution in [0.3, 0.4) is 0 Å². The highest BCUT2D eigenvalue weighted by molar-refractivity contribution is 5.87. The maximum Gasteiger partial charge on any atom is 0.335 e. The molecule has 0 fully saturated rings. The molecule has 0 heterocycles. The lowest BCUT2D eigenvalue weighted by molar-refractivity contribution is 0.0697. The van der Waals surface area contributed by atoms with Gasteiger partial charge in [-0.1, -0.05) is 18.2 Å². The Balaban J connectivity index is 0.000000181. The lowest BCUT2D eigenvalue weighted by atomic mass is 10.2. The van der Waals surface area contributed by atoms with Crippen LogP contribution in [0.15, 0.2) is 54.6 Å². The van der Waals surface area contributed by atoms with Crippen LogP contribution in [0.25, 0.3) is 0 Å². The normalized spacial score (nSPS) is 8.94. The van der Waals surface area contributed by atoms with Gasteiger partial charge in [0, 0.05) is 0 Å². The van der Waals surface area contributed by atoms with Crippen LogP contribution in [-0.2, 0) is 0 Å². The summed E-state index contributed by atoms with van der Waals surface area (Å²) < 4.78 is 0. The van der Waals surface area contributed by atoms with Gasteiger partial charge in [0.15, 0.2) is 0 Å². The second-order valence-electron chi connectivity index (χ2n) is 3.19. The molecular weight excluding hydrogens is 220 g/mol. The molecule has 0 aliphatic rings. The first kappa shape index (κ1) is 12.6. The Bertz CT molecular complexity index is 463. The summed E-state index contributed by atoms with van der Waals surface area (Å²) in [6, 6.07) is 14.1. The number of phenols is 2. The lowest BCUT2D eigenvalue weighted by Crippen LogP contribution is -1.93. The molecule has 4 heteroatoms. The molecule has 0 atom stereocenters. The number of phenolic OH excluding ortho intramolecular Hbond substituents is 2. The highest BCUT2D eigenvalue weighted by atomic mass is 16.4. The number of carboxylic acid groups (broad SMARTS) is 1. The van der Waals surface area contributed by atoms with Crippen molar-refractivity contribution in [1.82, 2.24) is 0 Å². The fourth-order valence-corrected chi connectivity index (χ4v) is 1.03. The van der Waals surface area contributed by atoms with Crippen LogP contribution in [0.5, 0.6) is 11.5 Å². The average Bonchev–Trinajstić information content (AvgIpc) is 2.31. The average molecular weight is 232 g/mol. The number of carbonyl (C=O) groups is 1. The van der Waals surface area contributed by atoms with Crippen LogP contribution in [0.1, 0.15) is 10.4 Å². The summed E-state index contributed by atoms with van der Waals surface area (Å²) >= 11 is 0. The van der Waals surface area contributed by atoms with E-state index in [0.29, 0.717) is 5.75 Å². The van der Waals surface area contributed by atoms with Crippen LogP contribution in [-0.4, -0.2) is 21.3 Å². The number of carboxylic acids is 1. The number of hydrogen-bond acceptors (Lipinski definition) is 3. The van der Waals surface area contributed by atoms with Gasteiger partial charge in [-0.25, -0.2) is 4.79 Å². The van der Waals surface area contributed by atoms with Gasteiger partial charge in [0.05, 0.1) is 5.56 Å². The number of para-hydroxylation sites is 1. The second-order valence-corrected chi connectivity index (χ2v) is 3.19. The monoisotopic (exact) mass is 232 g/mol. The minimum atomic E-state index is -0.986. The molecule has 17 heavy (non-hydrogen) atoms. The maximum absolute atomic E-state index is 10.2. The van der Waals surface area contributed by atoms with E-state index in [1.165, 1.54) is 24.3 Å². The molecule has 88 valence electrons. The zero-order valence-electron chi connectivity index (χ0n) is 8.95. The fourth-order valence-electron chi connectivity index (χ4n) is 1.03. The van der Waals surface area contributed by atoms with E-state index in [4.69, 9.17) is 15.3 Å². The topological polar surface area (TPSA) is 77.8 Å². The molecule has 2 aromatic rings. The fraction of sp³-hybridized carbons (Fsp3) is 0. The maximum atomic E-state index is 10.2. The Kier molecular flexibility index (Phi) is 4.57. The quantitative estimate of drug-likeness (QED) is 0.705. The third-order valence-corrected chi connectivity index (χ3v) is 1.87. The molecule has 3 N–H and O–H groups in total. The third-order valence-electron chi connectivity index (χ3n) is 1.87. The summed E-state index contributed by atoms with van der Waals surface area (Å²) in [5.41, 5.74) is 0.179. The Hall–Kier alpha value is -2.49. The van der Waals surface area contributed by atoms with Crippen molar-refractivity contribution in [3.8, 4) is 11.5 Å². The summed E-state index contributed by atoms with van der Waals surface area (Å²) in [4.78, 5) is 10.2. The van der Waals surface area contributed by atoms with Crippen molar-refractivity contribution in [2.45, 2.75) is 0 Å². The zero-order valence-corrected chi connectivity index (χ0v) is 8.95. The van der Waals surface area contributed by atoms with Gasteiger partial charge >= 0.3 is 5.97 Å². The Labute approximate surface area is 98.4 Å². The largest absolute Gasteiger partial charge is 0.508 e. The van der Waals surface area contributed by atoms with Crippen LogP contribution in [0.4, 0.5) is 0 Å². The van der Waals surface area contributed by atoms with Crippen LogP contribution >= 0.6 is 0 Å². The zero-order chi connectivity index (χ0) is 12.7. The number of benzene rings is 2. The molecule has 0 spiro atoms. The highest BCUT2D eigenvalue weighted by Crippen LogP contribution is 2.08. The van der Waals surface area contributed by atoms with Gasteiger partial charge in [0.1, 0.15) is 11.5 Å². The minimum Gasteiger partial charge on any atom is -0.508 e. The van der Waals surface area contributed by atoms with Gasteiger partial charge in [-0.05, 0) is 36.4 Å². The molecule has 0 saturated carbocycles. The van der Waals surface area contributed by atoms with Gasteiger partial charge in [0.25, 0.3) is 0 Å². The Morgan fingerprint density at radius 1 is 0.765 bits per heavy atom. The minimum absolute atomic E-state index is 0.0741. The molecule has 0 aliphatic heterocycles. The van der Waals surface area contributed by atoms with E-state index in [1.807, 2.05) is 6.07 Å². The third kappa shape index (κ3) is 4.70. The van der Waals surface area contributed by atoms with Crippen molar-refractivity contribution in [3.05, 3.63) is 60.2 Å². The first-order chi connectivity index (χ1) is 8.09. The molecule has 0 unspecified atom stereocenters. The van der Waals surface area contributed by atoms with Gasteiger partial charge in [-0.15, -0.1) is 0 Å².